The molecule has 3 rings (SSSR count). The second kappa shape index (κ2) is 5.62. The fourth-order valence-corrected chi connectivity index (χ4v) is 2.14. The number of anilines is 1. The van der Waals surface area contributed by atoms with E-state index in [0.29, 0.717) is 0 Å². The first-order chi connectivity index (χ1) is 10.2. The molecule has 6 heteroatoms. The standard InChI is InChI=1S/C15H14N4O2/c16-15-17-10-19(18-15)8-14(20)21-9-12-6-3-5-11-4-1-2-7-13(11)12/h1-7,10H,8-9H2,(H2,16,18). The van der Waals surface area contributed by atoms with Crippen LogP contribution in [-0.2, 0) is 22.7 Å². The van der Waals surface area contributed by atoms with Crippen LogP contribution in [0.5, 0.6) is 0 Å². The number of ether oxygens (including phenoxy) is 1. The van der Waals surface area contributed by atoms with Crippen LogP contribution in [0.2, 0.25) is 0 Å². The van der Waals surface area contributed by atoms with Crippen molar-refractivity contribution in [3.8, 4) is 0 Å². The highest BCUT2D eigenvalue weighted by Gasteiger charge is 2.08. The van der Waals surface area contributed by atoms with E-state index in [-0.39, 0.29) is 25.1 Å². The zero-order chi connectivity index (χ0) is 14.7. The molecule has 0 amide bonds. The van der Waals surface area contributed by atoms with Crippen molar-refractivity contribution in [2.75, 3.05) is 5.73 Å². The van der Waals surface area contributed by atoms with E-state index in [0.717, 1.165) is 16.3 Å². The van der Waals surface area contributed by atoms with E-state index in [4.69, 9.17) is 10.5 Å². The summed E-state index contributed by atoms with van der Waals surface area (Å²) in [6, 6.07) is 13.9. The minimum Gasteiger partial charge on any atom is -0.459 e. The van der Waals surface area contributed by atoms with Crippen molar-refractivity contribution in [3.63, 3.8) is 0 Å². The third-order valence-electron chi connectivity index (χ3n) is 3.11. The number of hydrogen-bond acceptors (Lipinski definition) is 5. The molecule has 0 radical (unpaired) electrons. The second-order valence-corrected chi connectivity index (χ2v) is 4.60. The van der Waals surface area contributed by atoms with E-state index >= 15 is 0 Å². The Hall–Kier alpha value is -2.89. The van der Waals surface area contributed by atoms with Gasteiger partial charge in [0.2, 0.25) is 5.95 Å². The van der Waals surface area contributed by atoms with Crippen LogP contribution in [0.3, 0.4) is 0 Å². The number of carbonyl (C=O) groups excluding carboxylic acids is 1. The van der Waals surface area contributed by atoms with Crippen molar-refractivity contribution >= 4 is 22.7 Å². The molecule has 2 aromatic carbocycles. The quantitative estimate of drug-likeness (QED) is 0.737. The fourth-order valence-electron chi connectivity index (χ4n) is 2.14. The van der Waals surface area contributed by atoms with Crippen molar-refractivity contribution < 1.29 is 9.53 Å². The highest BCUT2D eigenvalue weighted by molar-refractivity contribution is 5.85. The lowest BCUT2D eigenvalue weighted by molar-refractivity contribution is -0.145. The van der Waals surface area contributed by atoms with Crippen LogP contribution in [0.4, 0.5) is 5.95 Å². The highest BCUT2D eigenvalue weighted by Crippen LogP contribution is 2.19. The first-order valence-corrected chi connectivity index (χ1v) is 6.49. The number of nitrogen functional groups attached to an aromatic ring is 1. The topological polar surface area (TPSA) is 83.0 Å². The van der Waals surface area contributed by atoms with E-state index in [2.05, 4.69) is 10.1 Å². The number of benzene rings is 2. The van der Waals surface area contributed by atoms with Gasteiger partial charge in [0, 0.05) is 0 Å². The molecule has 1 heterocycles. The molecule has 3 aromatic rings. The number of nitrogens with two attached hydrogens (primary N) is 1. The predicted octanol–water partition coefficient (Wildman–Crippen LogP) is 1.76. The number of carbonyl (C=O) groups is 1. The zero-order valence-corrected chi connectivity index (χ0v) is 11.3. The number of fused-ring (bicyclic) bond motifs is 1. The molecule has 0 bridgehead atoms. The summed E-state index contributed by atoms with van der Waals surface area (Å²) in [5.41, 5.74) is 6.36. The smallest absolute Gasteiger partial charge is 0.328 e. The number of nitrogens with zero attached hydrogens (tertiary/aromatic N) is 3. The molecule has 0 aliphatic heterocycles. The minimum atomic E-state index is -0.382. The first-order valence-electron chi connectivity index (χ1n) is 6.49. The third-order valence-corrected chi connectivity index (χ3v) is 3.11. The summed E-state index contributed by atoms with van der Waals surface area (Å²) in [7, 11) is 0. The van der Waals surface area contributed by atoms with E-state index in [9.17, 15) is 4.79 Å². The average Bonchev–Trinajstić information content (AvgIpc) is 2.90. The van der Waals surface area contributed by atoms with Crippen molar-refractivity contribution in [3.05, 3.63) is 54.4 Å². The zero-order valence-electron chi connectivity index (χ0n) is 11.3. The van der Waals surface area contributed by atoms with Crippen molar-refractivity contribution in [1.82, 2.24) is 14.8 Å². The van der Waals surface area contributed by atoms with Gasteiger partial charge in [-0.3, -0.25) is 4.79 Å². The number of hydrogen-bond donors (Lipinski definition) is 1. The van der Waals surface area contributed by atoms with Crippen LogP contribution in [0.15, 0.2) is 48.8 Å². The molecule has 0 fully saturated rings. The number of rotatable bonds is 4. The third kappa shape index (κ3) is 3.00. The molecule has 0 spiro atoms. The van der Waals surface area contributed by atoms with Gasteiger partial charge in [0.05, 0.1) is 0 Å². The Morgan fingerprint density at radius 1 is 1.19 bits per heavy atom. The molecule has 0 saturated carbocycles. The van der Waals surface area contributed by atoms with Gasteiger partial charge in [-0.2, -0.15) is 0 Å². The lowest BCUT2D eigenvalue weighted by atomic mass is 10.1. The molecule has 6 nitrogen and oxygen atoms in total. The van der Waals surface area contributed by atoms with E-state index in [1.54, 1.807) is 0 Å². The molecule has 0 atom stereocenters. The molecular formula is C15H14N4O2. The van der Waals surface area contributed by atoms with Crippen LogP contribution < -0.4 is 5.73 Å². The van der Waals surface area contributed by atoms with Crippen LogP contribution in [0.25, 0.3) is 10.8 Å². The van der Waals surface area contributed by atoms with Crippen LogP contribution in [-0.4, -0.2) is 20.7 Å². The Morgan fingerprint density at radius 2 is 2.00 bits per heavy atom. The van der Waals surface area contributed by atoms with Crippen molar-refractivity contribution in [2.24, 2.45) is 0 Å². The lowest BCUT2D eigenvalue weighted by Crippen LogP contribution is -2.14. The normalized spacial score (nSPS) is 10.7. The summed E-state index contributed by atoms with van der Waals surface area (Å²) < 4.78 is 6.63. The Balaban J connectivity index is 1.67. The van der Waals surface area contributed by atoms with Gasteiger partial charge < -0.3 is 10.5 Å². The maximum atomic E-state index is 11.8. The van der Waals surface area contributed by atoms with Gasteiger partial charge in [-0.05, 0) is 16.3 Å². The number of aromatic nitrogens is 3. The first kappa shape index (κ1) is 13.1. The molecule has 1 aromatic heterocycles. The predicted molar refractivity (Wildman–Crippen MR) is 78.2 cm³/mol. The van der Waals surface area contributed by atoms with Crippen LogP contribution in [0.1, 0.15) is 5.56 Å². The molecule has 2 N–H and O–H groups in total. The van der Waals surface area contributed by atoms with Crippen molar-refractivity contribution in [2.45, 2.75) is 13.2 Å². The van der Waals surface area contributed by atoms with E-state index in [1.165, 1.54) is 11.0 Å². The van der Waals surface area contributed by atoms with Gasteiger partial charge in [-0.15, -0.1) is 5.10 Å². The monoisotopic (exact) mass is 282 g/mol. The summed E-state index contributed by atoms with van der Waals surface area (Å²) in [6.07, 6.45) is 1.40. The lowest BCUT2D eigenvalue weighted by Gasteiger charge is -2.08. The Bertz CT molecular complexity index is 777. The molecule has 0 unspecified atom stereocenters. The summed E-state index contributed by atoms with van der Waals surface area (Å²) in [5.74, 6) is -0.246. The Kier molecular flexibility index (Phi) is 3.51. The van der Waals surface area contributed by atoms with Gasteiger partial charge >= 0.3 is 5.97 Å². The maximum absolute atomic E-state index is 11.8. The van der Waals surface area contributed by atoms with Gasteiger partial charge in [0.25, 0.3) is 0 Å². The van der Waals surface area contributed by atoms with Crippen LogP contribution >= 0.6 is 0 Å². The SMILES string of the molecule is Nc1ncn(CC(=O)OCc2cccc3ccccc23)n1. The molecule has 0 aliphatic carbocycles. The molecule has 21 heavy (non-hydrogen) atoms. The Labute approximate surface area is 121 Å². The largest absolute Gasteiger partial charge is 0.459 e. The highest BCUT2D eigenvalue weighted by atomic mass is 16.5. The van der Waals surface area contributed by atoms with E-state index < -0.39 is 0 Å². The fraction of sp³-hybridized carbons (Fsp3) is 0.133. The number of esters is 1. The Morgan fingerprint density at radius 3 is 2.81 bits per heavy atom. The van der Waals surface area contributed by atoms with Gasteiger partial charge in [-0.25, -0.2) is 9.67 Å². The van der Waals surface area contributed by atoms with Gasteiger partial charge in [0.15, 0.2) is 0 Å². The molecule has 0 saturated heterocycles. The minimum absolute atomic E-state index is 0.00499. The van der Waals surface area contributed by atoms with Crippen molar-refractivity contribution in [1.29, 1.82) is 0 Å². The maximum Gasteiger partial charge on any atom is 0.328 e. The van der Waals surface area contributed by atoms with Gasteiger partial charge in [-0.1, -0.05) is 42.5 Å². The summed E-state index contributed by atoms with van der Waals surface area (Å²) >= 11 is 0. The summed E-state index contributed by atoms with van der Waals surface area (Å²) in [4.78, 5) is 15.5. The van der Waals surface area contributed by atoms with Gasteiger partial charge in [0.1, 0.15) is 19.5 Å². The summed E-state index contributed by atoms with van der Waals surface area (Å²) in [6.45, 7) is 0.222. The van der Waals surface area contributed by atoms with Crippen LogP contribution in [0, 0.1) is 0 Å². The molecule has 106 valence electrons. The molecular weight excluding hydrogens is 268 g/mol. The van der Waals surface area contributed by atoms with E-state index in [1.807, 2.05) is 42.5 Å². The molecule has 0 aliphatic rings. The average molecular weight is 282 g/mol. The summed E-state index contributed by atoms with van der Waals surface area (Å²) in [5, 5.41) is 6.04. The second-order valence-electron chi connectivity index (χ2n) is 4.60.